The molecule has 0 fully saturated rings. The normalized spacial score (nSPS) is 12.6. The van der Waals surface area contributed by atoms with Crippen LogP contribution in [0.15, 0.2) is 54.1 Å². The molecule has 0 spiro atoms. The van der Waals surface area contributed by atoms with Gasteiger partial charge in [-0.3, -0.25) is 4.79 Å². The lowest BCUT2D eigenvalue weighted by atomic mass is 10.1. The van der Waals surface area contributed by atoms with Crippen molar-refractivity contribution in [2.45, 2.75) is 13.0 Å². The summed E-state index contributed by atoms with van der Waals surface area (Å²) in [6.45, 7) is 1.96. The van der Waals surface area contributed by atoms with Crippen molar-refractivity contribution in [1.82, 2.24) is 4.90 Å². The van der Waals surface area contributed by atoms with E-state index < -0.39 is 6.10 Å². The summed E-state index contributed by atoms with van der Waals surface area (Å²) in [5.41, 5.74) is 2.23. The van der Waals surface area contributed by atoms with E-state index in [2.05, 4.69) is 0 Å². The van der Waals surface area contributed by atoms with E-state index in [1.165, 1.54) is 4.90 Å². The highest BCUT2D eigenvalue weighted by Crippen LogP contribution is 2.19. The van der Waals surface area contributed by atoms with E-state index >= 15 is 0 Å². The number of rotatable bonds is 6. The highest BCUT2D eigenvalue weighted by molar-refractivity contribution is 6.30. The quantitative estimate of drug-likeness (QED) is 0.795. The molecule has 0 saturated carbocycles. The predicted octanol–water partition coefficient (Wildman–Crippen LogP) is 3.94. The number of aliphatic hydroxyl groups excluding tert-OH is 1. The third-order valence-electron chi connectivity index (χ3n) is 3.88. The van der Waals surface area contributed by atoms with Gasteiger partial charge in [0.2, 0.25) is 5.91 Å². The number of halogens is 1. The minimum absolute atomic E-state index is 0.137. The summed E-state index contributed by atoms with van der Waals surface area (Å²) in [6, 6.07) is 14.4. The molecule has 1 atom stereocenters. The van der Waals surface area contributed by atoms with Crippen molar-refractivity contribution >= 4 is 23.6 Å². The molecule has 0 aliphatic carbocycles. The van der Waals surface area contributed by atoms with Gasteiger partial charge >= 0.3 is 0 Å². The first-order chi connectivity index (χ1) is 11.9. The van der Waals surface area contributed by atoms with Crippen molar-refractivity contribution in [3.05, 3.63) is 70.3 Å². The molecule has 0 heterocycles. The van der Waals surface area contributed by atoms with Gasteiger partial charge in [-0.2, -0.15) is 0 Å². The van der Waals surface area contributed by atoms with Gasteiger partial charge in [0.05, 0.1) is 19.8 Å². The zero-order chi connectivity index (χ0) is 18.4. The molecule has 2 aromatic carbocycles. The number of carbonyl (C=O) groups excluding carboxylic acids is 1. The minimum atomic E-state index is -0.761. The van der Waals surface area contributed by atoms with Gasteiger partial charge in [-0.15, -0.1) is 0 Å². The number of ether oxygens (including phenoxy) is 1. The fraction of sp³-hybridized carbons (Fsp3) is 0.250. The largest absolute Gasteiger partial charge is 0.497 e. The minimum Gasteiger partial charge on any atom is -0.497 e. The lowest BCUT2D eigenvalue weighted by Gasteiger charge is -2.21. The van der Waals surface area contributed by atoms with Gasteiger partial charge in [0.15, 0.2) is 0 Å². The Bertz CT molecular complexity index is 739. The Labute approximate surface area is 153 Å². The second-order valence-electron chi connectivity index (χ2n) is 5.85. The molecule has 1 N–H and O–H groups in total. The third-order valence-corrected chi connectivity index (χ3v) is 4.14. The van der Waals surface area contributed by atoms with Gasteiger partial charge in [0.25, 0.3) is 0 Å². The van der Waals surface area contributed by atoms with E-state index in [1.54, 1.807) is 63.6 Å². The van der Waals surface area contributed by atoms with E-state index in [0.29, 0.717) is 10.6 Å². The van der Waals surface area contributed by atoms with Crippen LogP contribution in [0.3, 0.4) is 0 Å². The van der Waals surface area contributed by atoms with Crippen molar-refractivity contribution in [3.63, 3.8) is 0 Å². The molecule has 0 aliphatic rings. The Morgan fingerprint density at radius 1 is 1.20 bits per heavy atom. The molecular formula is C20H22ClNO3. The van der Waals surface area contributed by atoms with E-state index in [0.717, 1.165) is 16.9 Å². The molecule has 2 rings (SSSR count). The third kappa shape index (κ3) is 5.34. The van der Waals surface area contributed by atoms with Crippen molar-refractivity contribution < 1.29 is 14.6 Å². The van der Waals surface area contributed by atoms with Crippen LogP contribution in [-0.2, 0) is 4.79 Å². The molecule has 2 aromatic rings. The van der Waals surface area contributed by atoms with Gasteiger partial charge < -0.3 is 14.7 Å². The summed E-state index contributed by atoms with van der Waals surface area (Å²) in [5, 5.41) is 11.0. The van der Waals surface area contributed by atoms with E-state index in [1.807, 2.05) is 12.1 Å². The van der Waals surface area contributed by atoms with Gasteiger partial charge in [0.1, 0.15) is 5.75 Å². The second kappa shape index (κ2) is 8.70. The van der Waals surface area contributed by atoms with Crippen LogP contribution in [0.2, 0.25) is 5.02 Å². The van der Waals surface area contributed by atoms with E-state index in [9.17, 15) is 9.90 Å². The number of aliphatic hydroxyl groups is 1. The van der Waals surface area contributed by atoms with E-state index in [-0.39, 0.29) is 12.5 Å². The fourth-order valence-corrected chi connectivity index (χ4v) is 2.57. The average Bonchev–Trinajstić information content (AvgIpc) is 2.62. The Hall–Kier alpha value is -2.30. The van der Waals surface area contributed by atoms with Gasteiger partial charge in [-0.1, -0.05) is 35.9 Å². The molecule has 0 saturated heterocycles. The fourth-order valence-electron chi connectivity index (χ4n) is 2.45. The highest BCUT2D eigenvalue weighted by atomic mass is 35.5. The highest BCUT2D eigenvalue weighted by Gasteiger charge is 2.16. The zero-order valence-corrected chi connectivity index (χ0v) is 15.3. The molecule has 0 radical (unpaired) electrons. The first kappa shape index (κ1) is 19.0. The Kier molecular flexibility index (Phi) is 6.62. The number of benzene rings is 2. The van der Waals surface area contributed by atoms with Crippen LogP contribution in [0.1, 0.15) is 24.2 Å². The summed E-state index contributed by atoms with van der Waals surface area (Å²) in [4.78, 5) is 14.0. The zero-order valence-electron chi connectivity index (χ0n) is 14.6. The smallest absolute Gasteiger partial charge is 0.249 e. The molecule has 1 unspecified atom stereocenters. The number of amides is 1. The van der Waals surface area contributed by atoms with Gasteiger partial charge in [0, 0.05) is 17.6 Å². The molecule has 132 valence electrons. The summed E-state index contributed by atoms with van der Waals surface area (Å²) in [7, 11) is 3.27. The maximum Gasteiger partial charge on any atom is 0.249 e. The van der Waals surface area contributed by atoms with Crippen molar-refractivity contribution in [2.75, 3.05) is 20.7 Å². The lowest BCUT2D eigenvalue weighted by molar-refractivity contribution is -0.127. The van der Waals surface area contributed by atoms with Crippen LogP contribution in [0.5, 0.6) is 5.75 Å². The second-order valence-corrected chi connectivity index (χ2v) is 6.29. The number of likely N-dealkylation sites (N-methyl/N-ethyl adjacent to an activating group) is 1. The first-order valence-electron chi connectivity index (χ1n) is 7.92. The van der Waals surface area contributed by atoms with Crippen molar-refractivity contribution in [1.29, 1.82) is 0 Å². The van der Waals surface area contributed by atoms with Gasteiger partial charge in [-0.05, 0) is 48.4 Å². The number of nitrogens with zero attached hydrogens (tertiary/aromatic N) is 1. The lowest BCUT2D eigenvalue weighted by Crippen LogP contribution is -2.31. The summed E-state index contributed by atoms with van der Waals surface area (Å²) >= 11 is 5.86. The van der Waals surface area contributed by atoms with Crippen molar-refractivity contribution in [3.8, 4) is 5.75 Å². The van der Waals surface area contributed by atoms with Crippen LogP contribution < -0.4 is 4.74 Å². The van der Waals surface area contributed by atoms with Crippen LogP contribution in [0.4, 0.5) is 0 Å². The number of carbonyl (C=O) groups is 1. The molecule has 0 bridgehead atoms. The maximum absolute atomic E-state index is 12.5. The molecule has 5 heteroatoms. The molecular weight excluding hydrogens is 338 g/mol. The summed E-state index contributed by atoms with van der Waals surface area (Å²) < 4.78 is 5.10. The Balaban J connectivity index is 2.01. The molecule has 0 aromatic heterocycles. The first-order valence-corrected chi connectivity index (χ1v) is 8.30. The number of hydrogen-bond donors (Lipinski definition) is 1. The topological polar surface area (TPSA) is 49.8 Å². The maximum atomic E-state index is 12.5. The standard InChI is InChI=1S/C20H22ClNO3/c1-14(12-15-4-8-17(21)9-5-15)20(24)22(2)13-19(23)16-6-10-18(25-3)11-7-16/h4-12,19,23H,13H2,1-3H3/b14-12+. The van der Waals surface area contributed by atoms with Crippen LogP contribution >= 0.6 is 11.6 Å². The van der Waals surface area contributed by atoms with E-state index in [4.69, 9.17) is 16.3 Å². The Morgan fingerprint density at radius 2 is 1.80 bits per heavy atom. The number of hydrogen-bond acceptors (Lipinski definition) is 3. The number of methoxy groups -OCH3 is 1. The van der Waals surface area contributed by atoms with Gasteiger partial charge in [-0.25, -0.2) is 0 Å². The van der Waals surface area contributed by atoms with Crippen LogP contribution in [0, 0.1) is 0 Å². The molecule has 1 amide bonds. The average molecular weight is 360 g/mol. The van der Waals surface area contributed by atoms with Crippen LogP contribution in [-0.4, -0.2) is 36.6 Å². The van der Waals surface area contributed by atoms with Crippen molar-refractivity contribution in [2.24, 2.45) is 0 Å². The molecule has 0 aliphatic heterocycles. The monoisotopic (exact) mass is 359 g/mol. The summed E-state index contributed by atoms with van der Waals surface area (Å²) in [5.74, 6) is 0.588. The Morgan fingerprint density at radius 3 is 2.36 bits per heavy atom. The predicted molar refractivity (Wildman–Crippen MR) is 101 cm³/mol. The van der Waals surface area contributed by atoms with Crippen LogP contribution in [0.25, 0.3) is 6.08 Å². The molecule has 4 nitrogen and oxygen atoms in total. The SMILES string of the molecule is COc1ccc(C(O)CN(C)C(=O)/C(C)=C/c2ccc(Cl)cc2)cc1. The summed E-state index contributed by atoms with van der Waals surface area (Å²) in [6.07, 6.45) is 1.04. The molecule has 25 heavy (non-hydrogen) atoms.